The van der Waals surface area contributed by atoms with Crippen molar-refractivity contribution in [3.8, 4) is 23.1 Å². The SMILES string of the molecule is Cc1c(F)c(N)cc(-c2nc3c4c(nc(OCC5(CN6CCOCC6)CC5)nc4c2F)N2C[C@H]4CC[C@H](N4)[C@H]2[C@H](C)O3)c1CC(F)F. The number of hydrogen-bond donors (Lipinski definition) is 2. The van der Waals surface area contributed by atoms with E-state index >= 15 is 4.39 Å². The van der Waals surface area contributed by atoms with Crippen LogP contribution in [0.5, 0.6) is 11.9 Å². The minimum Gasteiger partial charge on any atom is -0.472 e. The van der Waals surface area contributed by atoms with Crippen LogP contribution in [-0.2, 0) is 11.2 Å². The quantitative estimate of drug-likeness (QED) is 0.270. The number of nitrogens with one attached hydrogen (secondary N) is 1. The van der Waals surface area contributed by atoms with Crippen LogP contribution in [0, 0.1) is 24.0 Å². The second-order valence-electron chi connectivity index (χ2n) is 13.8. The summed E-state index contributed by atoms with van der Waals surface area (Å²) in [6, 6.07) is 1.43. The molecule has 3 N–H and O–H groups in total. The zero-order valence-electron chi connectivity index (χ0n) is 26.5. The summed E-state index contributed by atoms with van der Waals surface area (Å²) in [6.45, 7) is 8.33. The van der Waals surface area contributed by atoms with E-state index in [1.54, 1.807) is 0 Å². The standard InChI is InChI=1S/C33H39F4N7O3/c1-16-19(12-23(34)35)20(11-21(38)25(16)36)27-26(37)28-24-30(44-13-18-3-4-22(39-18)29(44)17(2)47-31(24)40-27)42-32(41-28)46-15-33(5-6-33)14-43-7-9-45-10-8-43/h11,17-18,22-23,29,39H,3-10,12-15,38H2,1-2H3/t17-,18+,22-,29+/m0/s1. The van der Waals surface area contributed by atoms with Gasteiger partial charge in [-0.2, -0.15) is 9.97 Å². The number of piperazine rings is 1. The largest absolute Gasteiger partial charge is 0.472 e. The molecule has 252 valence electrons. The molecule has 6 heterocycles. The van der Waals surface area contributed by atoms with Crippen LogP contribution in [0.15, 0.2) is 6.07 Å². The molecule has 8 rings (SSSR count). The van der Waals surface area contributed by atoms with E-state index in [4.69, 9.17) is 24.9 Å². The van der Waals surface area contributed by atoms with Gasteiger partial charge in [0.25, 0.3) is 0 Å². The summed E-state index contributed by atoms with van der Waals surface area (Å²) in [6.07, 6.45) is -0.0319. The average Bonchev–Trinajstić information content (AvgIpc) is 3.74. The van der Waals surface area contributed by atoms with Gasteiger partial charge in [-0.1, -0.05) is 0 Å². The van der Waals surface area contributed by atoms with Gasteiger partial charge in [0.15, 0.2) is 5.82 Å². The maximum atomic E-state index is 16.9. The Morgan fingerprint density at radius 2 is 1.91 bits per heavy atom. The molecular weight excluding hydrogens is 618 g/mol. The number of anilines is 2. The van der Waals surface area contributed by atoms with Gasteiger partial charge in [-0.15, -0.1) is 0 Å². The minimum atomic E-state index is -2.81. The molecule has 3 aromatic rings. The van der Waals surface area contributed by atoms with Gasteiger partial charge in [0.1, 0.15) is 34.3 Å². The highest BCUT2D eigenvalue weighted by atomic mass is 19.3. The van der Waals surface area contributed by atoms with Gasteiger partial charge in [-0.05, 0) is 56.7 Å². The predicted molar refractivity (Wildman–Crippen MR) is 167 cm³/mol. The fourth-order valence-corrected chi connectivity index (χ4v) is 8.00. The topological polar surface area (TPSA) is 111 Å². The Kier molecular flexibility index (Phi) is 7.60. The Morgan fingerprint density at radius 1 is 1.13 bits per heavy atom. The molecule has 1 aliphatic carbocycles. The summed E-state index contributed by atoms with van der Waals surface area (Å²) in [5.74, 6) is -1.11. The molecule has 4 aliphatic heterocycles. The number of alkyl halides is 2. The Bertz CT molecular complexity index is 1720. The maximum absolute atomic E-state index is 16.9. The van der Waals surface area contributed by atoms with Gasteiger partial charge >= 0.3 is 6.01 Å². The van der Waals surface area contributed by atoms with E-state index in [0.717, 1.165) is 51.4 Å². The van der Waals surface area contributed by atoms with Crippen molar-refractivity contribution in [3.63, 3.8) is 0 Å². The third-order valence-corrected chi connectivity index (χ3v) is 10.6. The number of morpholine rings is 1. The minimum absolute atomic E-state index is 0.0265. The van der Waals surface area contributed by atoms with Crippen molar-refractivity contribution in [2.75, 3.05) is 56.6 Å². The Hall–Kier alpha value is -3.49. The van der Waals surface area contributed by atoms with Crippen LogP contribution in [0.1, 0.15) is 43.7 Å². The van der Waals surface area contributed by atoms with Crippen molar-refractivity contribution in [1.29, 1.82) is 0 Å². The molecule has 2 bridgehead atoms. The number of rotatable bonds is 8. The van der Waals surface area contributed by atoms with E-state index in [-0.39, 0.29) is 75.1 Å². The van der Waals surface area contributed by atoms with Gasteiger partial charge in [0.2, 0.25) is 12.3 Å². The van der Waals surface area contributed by atoms with Gasteiger partial charge in [0, 0.05) is 55.7 Å². The Morgan fingerprint density at radius 3 is 2.66 bits per heavy atom. The summed E-state index contributed by atoms with van der Waals surface area (Å²) in [7, 11) is 0. The number of aromatic nitrogens is 3. The molecular formula is C33H39F4N7O3. The lowest BCUT2D eigenvalue weighted by Crippen LogP contribution is -2.62. The van der Waals surface area contributed by atoms with Crippen molar-refractivity contribution in [2.24, 2.45) is 5.41 Å². The molecule has 10 nitrogen and oxygen atoms in total. The van der Waals surface area contributed by atoms with Crippen LogP contribution in [0.3, 0.4) is 0 Å². The van der Waals surface area contributed by atoms with Crippen molar-refractivity contribution in [2.45, 2.75) is 76.6 Å². The van der Waals surface area contributed by atoms with Crippen molar-refractivity contribution < 1.29 is 31.8 Å². The van der Waals surface area contributed by atoms with E-state index in [9.17, 15) is 13.2 Å². The van der Waals surface area contributed by atoms with Gasteiger partial charge in [-0.25, -0.2) is 22.5 Å². The molecule has 4 atom stereocenters. The molecule has 0 amide bonds. The molecule has 3 saturated heterocycles. The van der Waals surface area contributed by atoms with E-state index in [1.165, 1.54) is 6.92 Å². The van der Waals surface area contributed by atoms with Gasteiger partial charge < -0.3 is 30.2 Å². The zero-order valence-corrected chi connectivity index (χ0v) is 26.5. The van der Waals surface area contributed by atoms with Crippen LogP contribution in [-0.4, -0.2) is 96.5 Å². The fraction of sp³-hybridized carbons (Fsp3) is 0.606. The molecule has 1 saturated carbocycles. The lowest BCUT2D eigenvalue weighted by atomic mass is 9.94. The summed E-state index contributed by atoms with van der Waals surface area (Å²) >= 11 is 0. The Balaban J connectivity index is 1.26. The van der Waals surface area contributed by atoms with Crippen LogP contribution in [0.25, 0.3) is 22.2 Å². The second kappa shape index (κ2) is 11.6. The maximum Gasteiger partial charge on any atom is 0.319 e. The predicted octanol–water partition coefficient (Wildman–Crippen LogP) is 4.25. The highest BCUT2D eigenvalue weighted by Crippen LogP contribution is 2.48. The van der Waals surface area contributed by atoms with E-state index in [1.807, 2.05) is 6.92 Å². The van der Waals surface area contributed by atoms with Crippen molar-refractivity contribution in [3.05, 3.63) is 28.8 Å². The molecule has 0 spiro atoms. The average molecular weight is 658 g/mol. The van der Waals surface area contributed by atoms with Crippen LogP contribution < -0.4 is 25.4 Å². The number of hydrogen-bond acceptors (Lipinski definition) is 10. The van der Waals surface area contributed by atoms with Crippen LogP contribution in [0.4, 0.5) is 29.1 Å². The highest BCUT2D eigenvalue weighted by molar-refractivity contribution is 5.97. The number of nitrogens with two attached hydrogens (primary N) is 1. The summed E-state index contributed by atoms with van der Waals surface area (Å²) in [5, 5.41) is 3.98. The highest BCUT2D eigenvalue weighted by Gasteiger charge is 2.48. The molecule has 0 unspecified atom stereocenters. The number of halogens is 4. The molecule has 14 heteroatoms. The summed E-state index contributed by atoms with van der Waals surface area (Å²) in [5.41, 5.74) is 5.06. The van der Waals surface area contributed by atoms with E-state index < -0.39 is 24.5 Å². The van der Waals surface area contributed by atoms with Gasteiger partial charge in [-0.3, -0.25) is 4.90 Å². The Labute approximate surface area is 270 Å². The van der Waals surface area contributed by atoms with E-state index in [2.05, 4.69) is 25.1 Å². The molecule has 1 aromatic carbocycles. The number of ether oxygens (including phenoxy) is 3. The number of benzene rings is 1. The number of nitrogen functional groups attached to an aromatic ring is 1. The number of pyridine rings is 1. The monoisotopic (exact) mass is 657 g/mol. The molecule has 5 aliphatic rings. The molecule has 0 radical (unpaired) electrons. The number of nitrogens with zero attached hydrogens (tertiary/aromatic N) is 5. The van der Waals surface area contributed by atoms with Crippen LogP contribution in [0.2, 0.25) is 0 Å². The fourth-order valence-electron chi connectivity index (χ4n) is 8.00. The lowest BCUT2D eigenvalue weighted by Gasteiger charge is -2.42. The van der Waals surface area contributed by atoms with Gasteiger partial charge in [0.05, 0.1) is 31.5 Å². The smallest absolute Gasteiger partial charge is 0.319 e. The van der Waals surface area contributed by atoms with E-state index in [0.29, 0.717) is 37.6 Å². The van der Waals surface area contributed by atoms with Crippen LogP contribution >= 0.6 is 0 Å². The first-order valence-corrected chi connectivity index (χ1v) is 16.5. The summed E-state index contributed by atoms with van der Waals surface area (Å²) < 4.78 is 77.6. The lowest BCUT2D eigenvalue weighted by molar-refractivity contribution is 0.0231. The van der Waals surface area contributed by atoms with Crippen molar-refractivity contribution >= 4 is 22.4 Å². The first kappa shape index (κ1) is 30.8. The first-order chi connectivity index (χ1) is 22.6. The third-order valence-electron chi connectivity index (χ3n) is 10.6. The molecule has 47 heavy (non-hydrogen) atoms. The third kappa shape index (κ3) is 5.41. The first-order valence-electron chi connectivity index (χ1n) is 16.5. The normalized spacial score (nSPS) is 26.3. The summed E-state index contributed by atoms with van der Waals surface area (Å²) in [4.78, 5) is 18.6. The van der Waals surface area contributed by atoms with Crippen molar-refractivity contribution in [1.82, 2.24) is 25.2 Å². The second-order valence-corrected chi connectivity index (χ2v) is 13.8. The zero-order chi connectivity index (χ0) is 32.6. The molecule has 4 fully saturated rings. The number of fused-ring (bicyclic) bond motifs is 5. The molecule has 2 aromatic heterocycles.